The summed E-state index contributed by atoms with van der Waals surface area (Å²) in [7, 11) is 0. The van der Waals surface area contributed by atoms with Gasteiger partial charge < -0.3 is 5.73 Å². The topological polar surface area (TPSA) is 105 Å². The lowest BCUT2D eigenvalue weighted by Crippen LogP contribution is -2.11. The number of carbonyl (C=O) groups excluding carboxylic acids is 1. The van der Waals surface area contributed by atoms with Gasteiger partial charge in [0.1, 0.15) is 5.69 Å². The zero-order valence-electron chi connectivity index (χ0n) is 5.97. The highest BCUT2D eigenvalue weighted by atomic mass is 32.1. The van der Waals surface area contributed by atoms with Crippen LogP contribution in [0, 0.1) is 0 Å². The Morgan fingerprint density at radius 3 is 3.17 bits per heavy atom. The molecule has 0 saturated carbocycles. The van der Waals surface area contributed by atoms with Gasteiger partial charge in [0.05, 0.1) is 11.6 Å². The summed E-state index contributed by atoms with van der Waals surface area (Å²) in [6.07, 6.45) is 0. The molecule has 1 amide bonds. The van der Waals surface area contributed by atoms with Crippen LogP contribution in [0.4, 0.5) is 0 Å². The summed E-state index contributed by atoms with van der Waals surface area (Å²) in [4.78, 5) is 16.9. The second-order valence-corrected chi connectivity index (χ2v) is 2.82. The SMILES string of the molecule is [N-]=[N+]=NCc1nc(C(N)=O)cs1. The van der Waals surface area contributed by atoms with E-state index in [0.717, 1.165) is 0 Å². The Morgan fingerprint density at radius 2 is 2.67 bits per heavy atom. The van der Waals surface area contributed by atoms with Crippen LogP contribution in [0.3, 0.4) is 0 Å². The van der Waals surface area contributed by atoms with E-state index in [-0.39, 0.29) is 12.2 Å². The third-order valence-electron chi connectivity index (χ3n) is 1.07. The zero-order valence-corrected chi connectivity index (χ0v) is 6.78. The number of azide groups is 1. The molecule has 12 heavy (non-hydrogen) atoms. The molecule has 1 aromatic heterocycles. The molecule has 1 rings (SSSR count). The molecule has 0 fully saturated rings. The number of rotatable bonds is 3. The van der Waals surface area contributed by atoms with E-state index in [1.54, 1.807) is 0 Å². The van der Waals surface area contributed by atoms with Gasteiger partial charge in [0.2, 0.25) is 0 Å². The van der Waals surface area contributed by atoms with Crippen molar-refractivity contribution >= 4 is 17.2 Å². The van der Waals surface area contributed by atoms with Crippen molar-refractivity contribution < 1.29 is 4.79 Å². The Hall–Kier alpha value is -1.59. The third kappa shape index (κ3) is 1.94. The normalized spacial score (nSPS) is 9.00. The van der Waals surface area contributed by atoms with Crippen LogP contribution in [-0.2, 0) is 6.54 Å². The lowest BCUT2D eigenvalue weighted by Gasteiger charge is -1.83. The summed E-state index contributed by atoms with van der Waals surface area (Å²) in [5.41, 5.74) is 13.2. The Morgan fingerprint density at radius 1 is 1.92 bits per heavy atom. The number of primary amides is 1. The number of thiazole rings is 1. The van der Waals surface area contributed by atoms with E-state index in [0.29, 0.717) is 5.01 Å². The average molecular weight is 183 g/mol. The molecule has 0 aromatic carbocycles. The first kappa shape index (κ1) is 8.51. The van der Waals surface area contributed by atoms with Crippen molar-refractivity contribution in [1.29, 1.82) is 0 Å². The Bertz CT molecular complexity index is 339. The second kappa shape index (κ2) is 3.70. The van der Waals surface area contributed by atoms with Crippen molar-refractivity contribution in [1.82, 2.24) is 4.98 Å². The maximum atomic E-state index is 10.6. The van der Waals surface area contributed by atoms with Crippen molar-refractivity contribution in [2.45, 2.75) is 6.54 Å². The lowest BCUT2D eigenvalue weighted by atomic mass is 10.5. The fourth-order valence-electron chi connectivity index (χ4n) is 0.589. The van der Waals surface area contributed by atoms with Gasteiger partial charge in [0, 0.05) is 10.3 Å². The minimum Gasteiger partial charge on any atom is -0.364 e. The number of hydrogen-bond acceptors (Lipinski definition) is 4. The molecule has 0 radical (unpaired) electrons. The van der Waals surface area contributed by atoms with Gasteiger partial charge in [-0.15, -0.1) is 11.3 Å². The van der Waals surface area contributed by atoms with E-state index < -0.39 is 5.91 Å². The number of nitrogens with two attached hydrogens (primary N) is 1. The van der Waals surface area contributed by atoms with Gasteiger partial charge >= 0.3 is 0 Å². The van der Waals surface area contributed by atoms with E-state index in [9.17, 15) is 4.79 Å². The maximum absolute atomic E-state index is 10.6. The first-order chi connectivity index (χ1) is 5.74. The van der Waals surface area contributed by atoms with E-state index in [2.05, 4.69) is 15.0 Å². The largest absolute Gasteiger partial charge is 0.364 e. The monoisotopic (exact) mass is 183 g/mol. The van der Waals surface area contributed by atoms with Crippen LogP contribution in [-0.4, -0.2) is 10.9 Å². The average Bonchev–Trinajstić information content (AvgIpc) is 2.48. The fraction of sp³-hybridized carbons (Fsp3) is 0.200. The standard InChI is InChI=1S/C5H5N5OS/c6-5(11)3-2-12-4(9-3)1-8-10-7/h2H,1H2,(H2,6,11). The van der Waals surface area contributed by atoms with Crippen LogP contribution < -0.4 is 5.73 Å². The van der Waals surface area contributed by atoms with Gasteiger partial charge in [-0.25, -0.2) is 4.98 Å². The first-order valence-electron chi connectivity index (χ1n) is 2.99. The van der Waals surface area contributed by atoms with Crippen molar-refractivity contribution in [2.24, 2.45) is 10.8 Å². The second-order valence-electron chi connectivity index (χ2n) is 1.88. The molecule has 0 aliphatic heterocycles. The van der Waals surface area contributed by atoms with E-state index >= 15 is 0 Å². The number of nitrogens with zero attached hydrogens (tertiary/aromatic N) is 4. The summed E-state index contributed by atoms with van der Waals surface area (Å²) in [6.45, 7) is 0.161. The molecule has 0 spiro atoms. The number of carbonyl (C=O) groups is 1. The molecule has 2 N–H and O–H groups in total. The van der Waals surface area contributed by atoms with Crippen LogP contribution in [0.25, 0.3) is 10.4 Å². The molecule has 6 nitrogen and oxygen atoms in total. The Labute approximate surface area is 71.7 Å². The summed E-state index contributed by atoms with van der Waals surface area (Å²) < 4.78 is 0. The molecule has 0 unspecified atom stereocenters. The quantitative estimate of drug-likeness (QED) is 0.429. The molecule has 1 aromatic rings. The van der Waals surface area contributed by atoms with Gasteiger partial charge in [-0.3, -0.25) is 4.79 Å². The molecule has 0 bridgehead atoms. The number of aromatic nitrogens is 1. The van der Waals surface area contributed by atoms with Crippen LogP contribution in [0.1, 0.15) is 15.5 Å². The van der Waals surface area contributed by atoms with Gasteiger partial charge in [-0.1, -0.05) is 5.11 Å². The predicted octanol–water partition coefficient (Wildman–Crippen LogP) is 1.05. The number of hydrogen-bond donors (Lipinski definition) is 1. The summed E-state index contributed by atoms with van der Waals surface area (Å²) in [5, 5.41) is 5.41. The van der Waals surface area contributed by atoms with Crippen molar-refractivity contribution in [3.63, 3.8) is 0 Å². The molecule has 1 heterocycles. The Kier molecular flexibility index (Phi) is 2.62. The molecule has 62 valence electrons. The van der Waals surface area contributed by atoms with E-state index in [1.165, 1.54) is 16.7 Å². The number of amides is 1. The highest BCUT2D eigenvalue weighted by Gasteiger charge is 2.04. The zero-order chi connectivity index (χ0) is 8.97. The Balaban J connectivity index is 2.77. The summed E-state index contributed by atoms with van der Waals surface area (Å²) in [6, 6.07) is 0. The fourth-order valence-corrected chi connectivity index (χ4v) is 1.29. The van der Waals surface area contributed by atoms with Gasteiger partial charge in [-0.05, 0) is 5.53 Å². The van der Waals surface area contributed by atoms with E-state index in [4.69, 9.17) is 11.3 Å². The van der Waals surface area contributed by atoms with Gasteiger partial charge in [0.15, 0.2) is 0 Å². The highest BCUT2D eigenvalue weighted by molar-refractivity contribution is 7.09. The molecule has 0 aliphatic carbocycles. The summed E-state index contributed by atoms with van der Waals surface area (Å²) in [5.74, 6) is -0.571. The van der Waals surface area contributed by atoms with Gasteiger partial charge in [0.25, 0.3) is 5.91 Å². The highest BCUT2D eigenvalue weighted by Crippen LogP contribution is 2.09. The van der Waals surface area contributed by atoms with Gasteiger partial charge in [-0.2, -0.15) is 0 Å². The van der Waals surface area contributed by atoms with Crippen molar-refractivity contribution in [2.75, 3.05) is 0 Å². The lowest BCUT2D eigenvalue weighted by molar-refractivity contribution is 0.0996. The summed E-state index contributed by atoms with van der Waals surface area (Å²) >= 11 is 1.24. The molecule has 7 heteroatoms. The minimum absolute atomic E-state index is 0.161. The predicted molar refractivity (Wildman–Crippen MR) is 43.5 cm³/mol. The maximum Gasteiger partial charge on any atom is 0.268 e. The van der Waals surface area contributed by atoms with Crippen LogP contribution >= 0.6 is 11.3 Å². The van der Waals surface area contributed by atoms with Crippen LogP contribution in [0.15, 0.2) is 10.5 Å². The molecule has 0 aliphatic rings. The molecule has 0 saturated heterocycles. The smallest absolute Gasteiger partial charge is 0.268 e. The molecule has 0 atom stereocenters. The van der Waals surface area contributed by atoms with Crippen molar-refractivity contribution in [3.05, 3.63) is 26.5 Å². The van der Waals surface area contributed by atoms with Crippen LogP contribution in [0.2, 0.25) is 0 Å². The van der Waals surface area contributed by atoms with E-state index in [1.807, 2.05) is 0 Å². The van der Waals surface area contributed by atoms with Crippen LogP contribution in [0.5, 0.6) is 0 Å². The first-order valence-corrected chi connectivity index (χ1v) is 3.87. The minimum atomic E-state index is -0.571. The molecular formula is C5H5N5OS. The third-order valence-corrected chi connectivity index (χ3v) is 1.91. The molecular weight excluding hydrogens is 178 g/mol. The van der Waals surface area contributed by atoms with Crippen molar-refractivity contribution in [3.8, 4) is 0 Å².